The van der Waals surface area contributed by atoms with Crippen LogP contribution in [-0.4, -0.2) is 23.8 Å². The summed E-state index contributed by atoms with van der Waals surface area (Å²) in [6.07, 6.45) is 1.61. The second-order valence-corrected chi connectivity index (χ2v) is 3.34. The Hall–Kier alpha value is -2.04. The lowest BCUT2D eigenvalue weighted by Crippen LogP contribution is -2.25. The maximum atomic E-state index is 11.4. The first kappa shape index (κ1) is 9.51. The smallest absolute Gasteiger partial charge is 0.274 e. The highest BCUT2D eigenvalue weighted by atomic mass is 16.3. The molecule has 1 aliphatic heterocycles. The highest BCUT2D eigenvalue weighted by Gasteiger charge is 2.27. The van der Waals surface area contributed by atoms with Crippen molar-refractivity contribution in [3.63, 3.8) is 0 Å². The van der Waals surface area contributed by atoms with Crippen LogP contribution in [0.4, 0.5) is 0 Å². The molecule has 1 aromatic rings. The molecular weight excluding hydrogens is 194 g/mol. The van der Waals surface area contributed by atoms with Crippen molar-refractivity contribution in [1.29, 1.82) is 5.41 Å². The van der Waals surface area contributed by atoms with Crippen LogP contribution in [0.2, 0.25) is 0 Å². The third kappa shape index (κ3) is 1.63. The van der Waals surface area contributed by atoms with Gasteiger partial charge in [0, 0.05) is 13.1 Å². The SMILES string of the molecule is Cc1ccc(/C=C2/C(=O)NC(=N)N2C)o1. The minimum atomic E-state index is -0.281. The quantitative estimate of drug-likeness (QED) is 0.670. The number of hydrogen-bond acceptors (Lipinski definition) is 3. The number of aryl methyl sites for hydroxylation is 1. The molecule has 0 aromatic carbocycles. The Morgan fingerprint density at radius 1 is 1.53 bits per heavy atom. The molecule has 78 valence electrons. The Morgan fingerprint density at radius 2 is 2.27 bits per heavy atom. The molecule has 2 N–H and O–H groups in total. The van der Waals surface area contributed by atoms with Crippen LogP contribution in [0.25, 0.3) is 6.08 Å². The van der Waals surface area contributed by atoms with Crippen molar-refractivity contribution >= 4 is 17.9 Å². The van der Waals surface area contributed by atoms with E-state index in [1.807, 2.05) is 13.0 Å². The number of amides is 1. The van der Waals surface area contributed by atoms with Gasteiger partial charge in [-0.1, -0.05) is 0 Å². The summed E-state index contributed by atoms with van der Waals surface area (Å²) in [7, 11) is 1.65. The first-order valence-corrected chi connectivity index (χ1v) is 4.49. The van der Waals surface area contributed by atoms with Crippen molar-refractivity contribution in [1.82, 2.24) is 10.2 Å². The van der Waals surface area contributed by atoms with E-state index in [1.54, 1.807) is 19.2 Å². The predicted octanol–water partition coefficient (Wildman–Crippen LogP) is 0.925. The zero-order chi connectivity index (χ0) is 11.0. The second kappa shape index (κ2) is 3.27. The number of nitrogens with zero attached hydrogens (tertiary/aromatic N) is 1. The van der Waals surface area contributed by atoms with Crippen LogP contribution in [0, 0.1) is 12.3 Å². The first-order chi connectivity index (χ1) is 7.08. The molecule has 1 aliphatic rings. The van der Waals surface area contributed by atoms with Crippen molar-refractivity contribution in [3.8, 4) is 0 Å². The van der Waals surface area contributed by atoms with Gasteiger partial charge in [0.2, 0.25) is 5.96 Å². The molecule has 0 aliphatic carbocycles. The Bertz CT molecular complexity index is 459. The van der Waals surface area contributed by atoms with E-state index >= 15 is 0 Å². The summed E-state index contributed by atoms with van der Waals surface area (Å²) in [5.74, 6) is 1.20. The zero-order valence-electron chi connectivity index (χ0n) is 8.50. The number of hydrogen-bond donors (Lipinski definition) is 2. The van der Waals surface area contributed by atoms with Crippen molar-refractivity contribution < 1.29 is 9.21 Å². The summed E-state index contributed by atoms with van der Waals surface area (Å²) in [5, 5.41) is 9.81. The van der Waals surface area contributed by atoms with Crippen molar-refractivity contribution in [2.75, 3.05) is 7.05 Å². The first-order valence-electron chi connectivity index (χ1n) is 4.49. The van der Waals surface area contributed by atoms with E-state index in [9.17, 15) is 4.79 Å². The van der Waals surface area contributed by atoms with Gasteiger partial charge < -0.3 is 9.32 Å². The Labute approximate surface area is 86.9 Å². The molecule has 2 heterocycles. The number of carbonyl (C=O) groups is 1. The average Bonchev–Trinajstić information content (AvgIpc) is 2.67. The molecule has 2 rings (SSSR count). The van der Waals surface area contributed by atoms with E-state index in [-0.39, 0.29) is 11.9 Å². The summed E-state index contributed by atoms with van der Waals surface area (Å²) >= 11 is 0. The summed E-state index contributed by atoms with van der Waals surface area (Å²) in [5.41, 5.74) is 0.411. The molecule has 1 saturated heterocycles. The fraction of sp³-hybridized carbons (Fsp3) is 0.200. The summed E-state index contributed by atoms with van der Waals surface area (Å²) in [6.45, 7) is 1.84. The molecular formula is C10H11N3O2. The predicted molar refractivity (Wildman–Crippen MR) is 55.1 cm³/mol. The molecule has 1 amide bonds. The van der Waals surface area contributed by atoms with Gasteiger partial charge in [0.1, 0.15) is 17.2 Å². The summed E-state index contributed by atoms with van der Waals surface area (Å²) in [4.78, 5) is 12.9. The standard InChI is InChI=1S/C10H11N3O2/c1-6-3-4-7(15-6)5-8-9(14)12-10(11)13(8)2/h3-5H,1-2H3,(H2,11,12,14)/b8-5-. The van der Waals surface area contributed by atoms with Crippen LogP contribution in [0.5, 0.6) is 0 Å². The van der Waals surface area contributed by atoms with Crippen molar-refractivity contribution in [3.05, 3.63) is 29.4 Å². The molecule has 5 nitrogen and oxygen atoms in total. The van der Waals surface area contributed by atoms with Gasteiger partial charge in [-0.25, -0.2) is 0 Å². The van der Waals surface area contributed by atoms with E-state index in [0.717, 1.165) is 5.76 Å². The summed E-state index contributed by atoms with van der Waals surface area (Å²) in [6, 6.07) is 3.61. The Morgan fingerprint density at radius 3 is 2.73 bits per heavy atom. The van der Waals surface area contributed by atoms with Gasteiger partial charge in [0.25, 0.3) is 5.91 Å². The van der Waals surface area contributed by atoms with Gasteiger partial charge in [0.05, 0.1) is 0 Å². The van der Waals surface area contributed by atoms with E-state index in [1.165, 1.54) is 4.90 Å². The van der Waals surface area contributed by atoms with E-state index in [0.29, 0.717) is 11.5 Å². The van der Waals surface area contributed by atoms with E-state index in [2.05, 4.69) is 5.32 Å². The second-order valence-electron chi connectivity index (χ2n) is 3.34. The van der Waals surface area contributed by atoms with Crippen molar-refractivity contribution in [2.45, 2.75) is 6.92 Å². The van der Waals surface area contributed by atoms with Gasteiger partial charge in [-0.05, 0) is 19.1 Å². The van der Waals surface area contributed by atoms with Crippen LogP contribution in [-0.2, 0) is 4.79 Å². The Balaban J connectivity index is 2.34. The van der Waals surface area contributed by atoms with Gasteiger partial charge in [-0.3, -0.25) is 15.5 Å². The summed E-state index contributed by atoms with van der Waals surface area (Å²) < 4.78 is 5.32. The number of guanidine groups is 1. The maximum Gasteiger partial charge on any atom is 0.274 e. The van der Waals surface area contributed by atoms with Gasteiger partial charge >= 0.3 is 0 Å². The molecule has 1 aromatic heterocycles. The lowest BCUT2D eigenvalue weighted by molar-refractivity contribution is -0.115. The number of likely N-dealkylation sites (N-methyl/N-ethyl adjacent to an activating group) is 1. The fourth-order valence-electron chi connectivity index (χ4n) is 1.36. The average molecular weight is 205 g/mol. The maximum absolute atomic E-state index is 11.4. The minimum absolute atomic E-state index is 0.0783. The van der Waals surface area contributed by atoms with Crippen molar-refractivity contribution in [2.24, 2.45) is 0 Å². The van der Waals surface area contributed by atoms with Gasteiger partial charge in [0.15, 0.2) is 0 Å². The third-order valence-electron chi connectivity index (χ3n) is 2.20. The molecule has 0 saturated carbocycles. The number of nitrogens with one attached hydrogen (secondary N) is 2. The number of furan rings is 1. The normalized spacial score (nSPS) is 18.8. The Kier molecular flexibility index (Phi) is 2.07. The number of carbonyl (C=O) groups excluding carboxylic acids is 1. The van der Waals surface area contributed by atoms with Gasteiger partial charge in [-0.15, -0.1) is 0 Å². The lowest BCUT2D eigenvalue weighted by atomic mass is 10.3. The van der Waals surface area contributed by atoms with E-state index < -0.39 is 0 Å². The van der Waals surface area contributed by atoms with Crippen LogP contribution in [0.1, 0.15) is 11.5 Å². The zero-order valence-corrected chi connectivity index (χ0v) is 8.50. The molecule has 5 heteroatoms. The third-order valence-corrected chi connectivity index (χ3v) is 2.20. The molecule has 15 heavy (non-hydrogen) atoms. The minimum Gasteiger partial charge on any atom is -0.462 e. The monoisotopic (exact) mass is 205 g/mol. The van der Waals surface area contributed by atoms with Crippen LogP contribution < -0.4 is 5.32 Å². The van der Waals surface area contributed by atoms with Gasteiger partial charge in [-0.2, -0.15) is 0 Å². The molecule has 0 spiro atoms. The van der Waals surface area contributed by atoms with Crippen LogP contribution in [0.3, 0.4) is 0 Å². The molecule has 1 fully saturated rings. The topological polar surface area (TPSA) is 69.3 Å². The van der Waals surface area contributed by atoms with Crippen LogP contribution >= 0.6 is 0 Å². The van der Waals surface area contributed by atoms with E-state index in [4.69, 9.17) is 9.83 Å². The van der Waals surface area contributed by atoms with Crippen LogP contribution in [0.15, 0.2) is 22.2 Å². The molecule has 0 bridgehead atoms. The largest absolute Gasteiger partial charge is 0.462 e. The highest BCUT2D eigenvalue weighted by Crippen LogP contribution is 2.16. The fourth-order valence-corrected chi connectivity index (χ4v) is 1.36. The highest BCUT2D eigenvalue weighted by molar-refractivity contribution is 6.14. The molecule has 0 unspecified atom stereocenters. The molecule has 0 atom stereocenters. The number of rotatable bonds is 1. The molecule has 0 radical (unpaired) electrons. The lowest BCUT2D eigenvalue weighted by Gasteiger charge is -2.07.